The van der Waals surface area contributed by atoms with Crippen LogP contribution in [0.5, 0.6) is 0 Å². The summed E-state index contributed by atoms with van der Waals surface area (Å²) < 4.78 is 0. The van der Waals surface area contributed by atoms with E-state index in [2.05, 4.69) is 24.5 Å². The maximum Gasteiger partial charge on any atom is 0.0406 e. The average molecular weight is 316 g/mol. The predicted octanol–water partition coefficient (Wildman–Crippen LogP) is 5.57. The van der Waals surface area contributed by atoms with E-state index in [1.165, 1.54) is 56.9 Å². The molecule has 2 aliphatic carbocycles. The van der Waals surface area contributed by atoms with Crippen molar-refractivity contribution >= 4 is 24.0 Å². The summed E-state index contributed by atoms with van der Waals surface area (Å²) in [6, 6.07) is 9.09. The molecule has 0 aromatic heterocycles. The zero-order chi connectivity index (χ0) is 13.5. The van der Waals surface area contributed by atoms with Crippen LogP contribution < -0.4 is 5.32 Å². The summed E-state index contributed by atoms with van der Waals surface area (Å²) in [7, 11) is 2.07. The summed E-state index contributed by atoms with van der Waals surface area (Å²) in [5.41, 5.74) is 1.46. The van der Waals surface area contributed by atoms with E-state index in [0.717, 1.165) is 17.0 Å². The molecule has 0 radical (unpaired) electrons. The number of hydrogen-bond donors (Lipinski definition) is 1. The summed E-state index contributed by atoms with van der Waals surface area (Å²) in [6.45, 7) is 0. The second-order valence-corrected chi connectivity index (χ2v) is 6.24. The van der Waals surface area contributed by atoms with E-state index >= 15 is 0 Å². The summed E-state index contributed by atoms with van der Waals surface area (Å²) in [6.07, 6.45) is 11.2. The second-order valence-electron chi connectivity index (χ2n) is 5.80. The fraction of sp³-hybridized carbons (Fsp3) is 0.647. The molecule has 0 saturated heterocycles. The van der Waals surface area contributed by atoms with E-state index < -0.39 is 0 Å². The van der Waals surface area contributed by atoms with Crippen molar-refractivity contribution in [3.05, 3.63) is 34.9 Å². The minimum atomic E-state index is 0. The van der Waals surface area contributed by atoms with Crippen molar-refractivity contribution in [1.82, 2.24) is 5.32 Å². The van der Waals surface area contributed by atoms with E-state index in [4.69, 9.17) is 11.6 Å². The third-order valence-corrected chi connectivity index (χ3v) is 4.71. The number of rotatable bonds is 2. The summed E-state index contributed by atoms with van der Waals surface area (Å²) in [4.78, 5) is 0. The Balaban J connectivity index is 0.000000200. The average Bonchev–Trinajstić information content (AvgIpc) is 2.41. The minimum Gasteiger partial charge on any atom is -0.317 e. The molecule has 0 atom stereocenters. The Labute approximate surface area is 134 Å². The largest absolute Gasteiger partial charge is 0.317 e. The molecule has 2 fully saturated rings. The SMILES string of the molecule is CNC1CCCCC1.Cl.Clc1ccc(C2CCC2)cc1. The first kappa shape index (κ1) is 17.8. The Bertz CT molecular complexity index is 354. The molecule has 20 heavy (non-hydrogen) atoms. The maximum atomic E-state index is 5.78. The van der Waals surface area contributed by atoms with Crippen LogP contribution in [0.15, 0.2) is 24.3 Å². The first-order chi connectivity index (χ1) is 9.29. The van der Waals surface area contributed by atoms with Gasteiger partial charge >= 0.3 is 0 Å². The van der Waals surface area contributed by atoms with Crippen molar-refractivity contribution in [2.45, 2.75) is 63.3 Å². The molecule has 0 bridgehead atoms. The number of benzene rings is 1. The van der Waals surface area contributed by atoms with Gasteiger partial charge in [-0.1, -0.05) is 49.4 Å². The first-order valence-corrected chi connectivity index (χ1v) is 8.10. The fourth-order valence-corrected chi connectivity index (χ4v) is 2.99. The van der Waals surface area contributed by atoms with Crippen LogP contribution in [-0.4, -0.2) is 13.1 Å². The lowest BCUT2D eigenvalue weighted by molar-refractivity contribution is 0.394. The molecular weight excluding hydrogens is 289 g/mol. The molecular formula is C17H27Cl2N. The van der Waals surface area contributed by atoms with Crippen LogP contribution in [0.3, 0.4) is 0 Å². The molecule has 2 aliphatic rings. The zero-order valence-corrected chi connectivity index (χ0v) is 14.0. The Morgan fingerprint density at radius 1 is 0.900 bits per heavy atom. The van der Waals surface area contributed by atoms with Gasteiger partial charge in [-0.3, -0.25) is 0 Å². The Morgan fingerprint density at radius 2 is 1.50 bits per heavy atom. The third-order valence-electron chi connectivity index (χ3n) is 4.46. The van der Waals surface area contributed by atoms with Gasteiger partial charge in [-0.2, -0.15) is 0 Å². The Hall–Kier alpha value is -0.240. The molecule has 0 heterocycles. The monoisotopic (exact) mass is 315 g/mol. The Morgan fingerprint density at radius 3 is 1.90 bits per heavy atom. The van der Waals surface area contributed by atoms with E-state index in [1.54, 1.807) is 0 Å². The third kappa shape index (κ3) is 5.63. The van der Waals surface area contributed by atoms with Gasteiger partial charge in [0.2, 0.25) is 0 Å². The summed E-state index contributed by atoms with van der Waals surface area (Å²) in [5.74, 6) is 0.826. The number of halogens is 2. The molecule has 1 nitrogen and oxygen atoms in total. The van der Waals surface area contributed by atoms with E-state index in [0.29, 0.717) is 0 Å². The standard InChI is InChI=1S/C10H11Cl.C7H15N.ClH/c11-10-6-4-9(5-7-10)8-2-1-3-8;1-8-7-5-3-2-4-6-7;/h4-8H,1-3H2;7-8H,2-6H2,1H3;1H. The molecule has 3 heteroatoms. The zero-order valence-electron chi connectivity index (χ0n) is 12.4. The van der Waals surface area contributed by atoms with Crippen molar-refractivity contribution in [1.29, 1.82) is 0 Å². The van der Waals surface area contributed by atoms with Crippen molar-refractivity contribution in [2.24, 2.45) is 0 Å². The highest BCUT2D eigenvalue weighted by atomic mass is 35.5. The van der Waals surface area contributed by atoms with Gasteiger partial charge in [0.1, 0.15) is 0 Å². The molecule has 114 valence electrons. The quantitative estimate of drug-likeness (QED) is 0.752. The van der Waals surface area contributed by atoms with E-state index in [1.807, 2.05) is 12.1 Å². The lowest BCUT2D eigenvalue weighted by Crippen LogP contribution is -2.26. The lowest BCUT2D eigenvalue weighted by atomic mass is 9.80. The van der Waals surface area contributed by atoms with Crippen LogP contribution in [-0.2, 0) is 0 Å². The fourth-order valence-electron chi connectivity index (χ4n) is 2.87. The smallest absolute Gasteiger partial charge is 0.0406 e. The number of nitrogens with one attached hydrogen (secondary N) is 1. The van der Waals surface area contributed by atoms with Crippen LogP contribution in [0.2, 0.25) is 5.02 Å². The van der Waals surface area contributed by atoms with Crippen LogP contribution >= 0.6 is 24.0 Å². The molecule has 1 aromatic rings. The van der Waals surface area contributed by atoms with Crippen molar-refractivity contribution in [3.63, 3.8) is 0 Å². The van der Waals surface area contributed by atoms with Crippen LogP contribution in [0.1, 0.15) is 62.8 Å². The molecule has 0 spiro atoms. The Kier molecular flexibility index (Phi) is 8.60. The molecule has 0 aliphatic heterocycles. The van der Waals surface area contributed by atoms with Crippen LogP contribution in [0, 0.1) is 0 Å². The highest BCUT2D eigenvalue weighted by Crippen LogP contribution is 2.36. The lowest BCUT2D eigenvalue weighted by Gasteiger charge is -2.25. The van der Waals surface area contributed by atoms with Gasteiger partial charge in [-0.05, 0) is 56.3 Å². The molecule has 0 amide bonds. The number of hydrogen-bond acceptors (Lipinski definition) is 1. The van der Waals surface area contributed by atoms with Gasteiger partial charge in [0, 0.05) is 11.1 Å². The summed E-state index contributed by atoms with van der Waals surface area (Å²) >= 11 is 5.78. The van der Waals surface area contributed by atoms with E-state index in [-0.39, 0.29) is 12.4 Å². The van der Waals surface area contributed by atoms with Crippen molar-refractivity contribution in [2.75, 3.05) is 7.05 Å². The van der Waals surface area contributed by atoms with E-state index in [9.17, 15) is 0 Å². The predicted molar refractivity (Wildman–Crippen MR) is 91.2 cm³/mol. The second kappa shape index (κ2) is 9.65. The van der Waals surface area contributed by atoms with Crippen LogP contribution in [0.4, 0.5) is 0 Å². The maximum absolute atomic E-state index is 5.78. The van der Waals surface area contributed by atoms with Gasteiger partial charge < -0.3 is 5.32 Å². The highest BCUT2D eigenvalue weighted by molar-refractivity contribution is 6.30. The normalized spacial score (nSPS) is 19.3. The van der Waals surface area contributed by atoms with Gasteiger partial charge in [0.05, 0.1) is 0 Å². The first-order valence-electron chi connectivity index (χ1n) is 7.72. The van der Waals surface area contributed by atoms with Gasteiger partial charge in [-0.25, -0.2) is 0 Å². The topological polar surface area (TPSA) is 12.0 Å². The molecule has 0 unspecified atom stereocenters. The minimum absolute atomic E-state index is 0. The van der Waals surface area contributed by atoms with Crippen molar-refractivity contribution in [3.8, 4) is 0 Å². The highest BCUT2D eigenvalue weighted by Gasteiger charge is 2.18. The van der Waals surface area contributed by atoms with Crippen molar-refractivity contribution < 1.29 is 0 Å². The summed E-state index contributed by atoms with van der Waals surface area (Å²) in [5, 5.41) is 4.14. The molecule has 1 N–H and O–H groups in total. The molecule has 3 rings (SSSR count). The molecule has 2 saturated carbocycles. The van der Waals surface area contributed by atoms with Crippen LogP contribution in [0.25, 0.3) is 0 Å². The van der Waals surface area contributed by atoms with Gasteiger partial charge in [0.25, 0.3) is 0 Å². The molecule has 1 aromatic carbocycles. The van der Waals surface area contributed by atoms with Gasteiger partial charge in [-0.15, -0.1) is 12.4 Å². The van der Waals surface area contributed by atoms with Gasteiger partial charge in [0.15, 0.2) is 0 Å².